The molecular formula is C18H25FN2O3. The van der Waals surface area contributed by atoms with E-state index < -0.39 is 17.4 Å². The Balaban J connectivity index is 1.96. The monoisotopic (exact) mass is 336 g/mol. The Labute approximate surface area is 142 Å². The van der Waals surface area contributed by atoms with Crippen LogP contribution in [0.1, 0.15) is 50.4 Å². The van der Waals surface area contributed by atoms with Gasteiger partial charge in [-0.1, -0.05) is 0 Å². The van der Waals surface area contributed by atoms with Crippen molar-refractivity contribution in [2.24, 2.45) is 5.92 Å². The summed E-state index contributed by atoms with van der Waals surface area (Å²) in [6.45, 7) is 7.07. The van der Waals surface area contributed by atoms with Gasteiger partial charge in [-0.05, 0) is 70.8 Å². The van der Waals surface area contributed by atoms with Crippen molar-refractivity contribution >= 4 is 17.6 Å². The van der Waals surface area contributed by atoms with Crippen LogP contribution in [0.25, 0.3) is 0 Å². The lowest BCUT2D eigenvalue weighted by molar-refractivity contribution is -0.117. The zero-order valence-electron chi connectivity index (χ0n) is 14.4. The van der Waals surface area contributed by atoms with Crippen LogP contribution < -0.4 is 10.6 Å². The third-order valence-electron chi connectivity index (χ3n) is 3.81. The lowest BCUT2D eigenvalue weighted by Gasteiger charge is -2.22. The number of anilines is 1. The zero-order chi connectivity index (χ0) is 17.7. The number of ether oxygens (including phenoxy) is 1. The zero-order valence-corrected chi connectivity index (χ0v) is 14.4. The third kappa shape index (κ3) is 5.60. The lowest BCUT2D eigenvalue weighted by atomic mass is 9.94. The fourth-order valence-corrected chi connectivity index (χ4v) is 2.63. The fraction of sp³-hybridized carbons (Fsp3) is 0.556. The number of hydrogen-bond acceptors (Lipinski definition) is 4. The van der Waals surface area contributed by atoms with Crippen molar-refractivity contribution in [2.75, 3.05) is 18.4 Å². The van der Waals surface area contributed by atoms with Crippen LogP contribution in [0.2, 0.25) is 0 Å². The lowest BCUT2D eigenvalue weighted by Crippen LogP contribution is -2.30. The molecule has 1 fully saturated rings. The van der Waals surface area contributed by atoms with E-state index in [4.69, 9.17) is 4.74 Å². The Morgan fingerprint density at radius 3 is 2.54 bits per heavy atom. The van der Waals surface area contributed by atoms with Crippen LogP contribution in [0.5, 0.6) is 0 Å². The van der Waals surface area contributed by atoms with Gasteiger partial charge in [-0.25, -0.2) is 9.18 Å². The summed E-state index contributed by atoms with van der Waals surface area (Å²) in [5, 5.41) is 5.83. The number of halogens is 1. The second-order valence-corrected chi connectivity index (χ2v) is 7.14. The third-order valence-corrected chi connectivity index (χ3v) is 3.81. The largest absolute Gasteiger partial charge is 0.456 e. The van der Waals surface area contributed by atoms with E-state index >= 15 is 0 Å². The summed E-state index contributed by atoms with van der Waals surface area (Å²) in [6, 6.07) is 3.94. The van der Waals surface area contributed by atoms with E-state index in [0.29, 0.717) is 12.3 Å². The topological polar surface area (TPSA) is 67.4 Å². The fourth-order valence-electron chi connectivity index (χ4n) is 2.63. The van der Waals surface area contributed by atoms with Crippen LogP contribution in [-0.2, 0) is 9.53 Å². The van der Waals surface area contributed by atoms with Crippen molar-refractivity contribution in [3.63, 3.8) is 0 Å². The van der Waals surface area contributed by atoms with Gasteiger partial charge in [0.15, 0.2) is 0 Å². The number of carbonyl (C=O) groups is 2. The molecule has 1 aromatic rings. The highest BCUT2D eigenvalue weighted by atomic mass is 19.1. The number of amides is 1. The van der Waals surface area contributed by atoms with E-state index in [2.05, 4.69) is 10.6 Å². The number of rotatable bonds is 4. The molecule has 2 N–H and O–H groups in total. The number of hydrogen-bond donors (Lipinski definition) is 2. The maximum atomic E-state index is 14.1. The summed E-state index contributed by atoms with van der Waals surface area (Å²) in [5.41, 5.74) is -0.435. The average molecular weight is 336 g/mol. The molecule has 1 aliphatic rings. The van der Waals surface area contributed by atoms with Crippen LogP contribution in [0.15, 0.2) is 18.2 Å². The van der Waals surface area contributed by atoms with E-state index in [-0.39, 0.29) is 17.2 Å². The highest BCUT2D eigenvalue weighted by Crippen LogP contribution is 2.21. The average Bonchev–Trinajstić information content (AvgIpc) is 2.48. The minimum absolute atomic E-state index is 0.0845. The first-order valence-electron chi connectivity index (χ1n) is 8.28. The van der Waals surface area contributed by atoms with Gasteiger partial charge in [-0.3, -0.25) is 4.79 Å². The molecule has 132 valence electrons. The highest BCUT2D eigenvalue weighted by molar-refractivity contribution is 5.93. The molecule has 1 saturated heterocycles. The van der Waals surface area contributed by atoms with Crippen LogP contribution in [0, 0.1) is 11.7 Å². The van der Waals surface area contributed by atoms with Gasteiger partial charge in [0.25, 0.3) is 0 Å². The van der Waals surface area contributed by atoms with Crippen molar-refractivity contribution in [3.8, 4) is 0 Å². The predicted octanol–water partition coefficient (Wildman–Crippen LogP) is 3.11. The molecule has 1 heterocycles. The van der Waals surface area contributed by atoms with E-state index in [0.717, 1.165) is 32.0 Å². The number of benzene rings is 1. The quantitative estimate of drug-likeness (QED) is 0.829. The number of piperidine rings is 1. The predicted molar refractivity (Wildman–Crippen MR) is 90.4 cm³/mol. The normalized spacial score (nSPS) is 15.8. The standard InChI is InChI=1S/C18H25FN2O3/c1-18(2,3)24-17(23)13-4-5-15(14(19)11-13)21-16(22)10-12-6-8-20-9-7-12/h4-5,11-12,20H,6-10H2,1-3H3,(H,21,22). The molecule has 0 spiro atoms. The molecule has 24 heavy (non-hydrogen) atoms. The van der Waals surface area contributed by atoms with Crippen LogP contribution in [0.4, 0.5) is 10.1 Å². The van der Waals surface area contributed by atoms with Crippen molar-refractivity contribution in [1.82, 2.24) is 5.32 Å². The van der Waals surface area contributed by atoms with Gasteiger partial charge < -0.3 is 15.4 Å². The first-order valence-corrected chi connectivity index (χ1v) is 8.28. The Bertz CT molecular complexity index is 605. The van der Waals surface area contributed by atoms with Gasteiger partial charge in [0, 0.05) is 6.42 Å². The highest BCUT2D eigenvalue weighted by Gasteiger charge is 2.20. The van der Waals surface area contributed by atoms with Gasteiger partial charge in [0.1, 0.15) is 11.4 Å². The van der Waals surface area contributed by atoms with Crippen molar-refractivity contribution < 1.29 is 18.7 Å². The SMILES string of the molecule is CC(C)(C)OC(=O)c1ccc(NC(=O)CC2CCNCC2)c(F)c1. The molecule has 1 aliphatic heterocycles. The molecule has 5 nitrogen and oxygen atoms in total. The molecule has 0 radical (unpaired) electrons. The van der Waals surface area contributed by atoms with E-state index in [1.54, 1.807) is 20.8 Å². The van der Waals surface area contributed by atoms with E-state index in [1.165, 1.54) is 12.1 Å². The molecule has 0 aliphatic carbocycles. The molecule has 1 amide bonds. The Hall–Kier alpha value is -1.95. The summed E-state index contributed by atoms with van der Waals surface area (Å²) in [5.74, 6) is -1.10. The van der Waals surface area contributed by atoms with Crippen LogP contribution in [0.3, 0.4) is 0 Å². The molecule has 0 bridgehead atoms. The summed E-state index contributed by atoms with van der Waals surface area (Å²) < 4.78 is 19.4. The maximum absolute atomic E-state index is 14.1. The second kappa shape index (κ2) is 7.75. The molecule has 0 aromatic heterocycles. The van der Waals surface area contributed by atoms with Crippen LogP contribution in [-0.4, -0.2) is 30.6 Å². The number of nitrogens with one attached hydrogen (secondary N) is 2. The molecule has 2 rings (SSSR count). The van der Waals surface area contributed by atoms with Crippen molar-refractivity contribution in [1.29, 1.82) is 0 Å². The van der Waals surface area contributed by atoms with Gasteiger partial charge in [0.2, 0.25) is 5.91 Å². The van der Waals surface area contributed by atoms with Gasteiger partial charge in [-0.15, -0.1) is 0 Å². The molecule has 1 aromatic carbocycles. The molecule has 0 saturated carbocycles. The molecule has 0 unspecified atom stereocenters. The summed E-state index contributed by atoms with van der Waals surface area (Å²) in [6.07, 6.45) is 2.29. The first-order chi connectivity index (χ1) is 11.2. The van der Waals surface area contributed by atoms with Crippen molar-refractivity contribution in [2.45, 2.75) is 45.6 Å². The molecular weight excluding hydrogens is 311 g/mol. The summed E-state index contributed by atoms with van der Waals surface area (Å²) >= 11 is 0. The van der Waals surface area contributed by atoms with E-state index in [9.17, 15) is 14.0 Å². The first kappa shape index (κ1) is 18.4. The van der Waals surface area contributed by atoms with Crippen LogP contribution >= 0.6 is 0 Å². The molecule has 0 atom stereocenters. The second-order valence-electron chi connectivity index (χ2n) is 7.14. The Morgan fingerprint density at radius 1 is 1.29 bits per heavy atom. The van der Waals surface area contributed by atoms with Gasteiger partial charge in [-0.2, -0.15) is 0 Å². The van der Waals surface area contributed by atoms with Gasteiger partial charge >= 0.3 is 5.97 Å². The Morgan fingerprint density at radius 2 is 1.96 bits per heavy atom. The Kier molecular flexibility index (Phi) is 5.94. The summed E-state index contributed by atoms with van der Waals surface area (Å²) in [7, 11) is 0. The maximum Gasteiger partial charge on any atom is 0.338 e. The number of esters is 1. The summed E-state index contributed by atoms with van der Waals surface area (Å²) in [4.78, 5) is 24.0. The minimum Gasteiger partial charge on any atom is -0.456 e. The van der Waals surface area contributed by atoms with E-state index in [1.807, 2.05) is 0 Å². The van der Waals surface area contributed by atoms with Crippen molar-refractivity contribution in [3.05, 3.63) is 29.6 Å². The smallest absolute Gasteiger partial charge is 0.338 e. The minimum atomic E-state index is -0.644. The van der Waals surface area contributed by atoms with Gasteiger partial charge in [0.05, 0.1) is 11.3 Å². The number of carbonyl (C=O) groups excluding carboxylic acids is 2. The molecule has 6 heteroatoms.